The summed E-state index contributed by atoms with van der Waals surface area (Å²) in [4.78, 5) is 36.1. The van der Waals surface area contributed by atoms with Gasteiger partial charge >= 0.3 is 5.69 Å². The van der Waals surface area contributed by atoms with Crippen LogP contribution in [-0.2, 0) is 11.3 Å². The minimum absolute atomic E-state index is 0.0860. The quantitative estimate of drug-likeness (QED) is 0.697. The van der Waals surface area contributed by atoms with Crippen molar-refractivity contribution in [3.05, 3.63) is 64.1 Å². The molecular formula is C16H13N2O4+. The van der Waals surface area contributed by atoms with Crippen molar-refractivity contribution >= 4 is 23.1 Å². The van der Waals surface area contributed by atoms with E-state index in [-0.39, 0.29) is 22.7 Å². The predicted octanol–water partition coefficient (Wildman–Crippen LogP) is 2.52. The fourth-order valence-electron chi connectivity index (χ4n) is 2.44. The van der Waals surface area contributed by atoms with Crippen LogP contribution in [-0.4, -0.2) is 21.8 Å². The van der Waals surface area contributed by atoms with Gasteiger partial charge in [-0.15, -0.1) is 0 Å². The number of benzene rings is 2. The highest BCUT2D eigenvalue weighted by atomic mass is 16.6. The molecule has 0 aliphatic carbocycles. The Hall–Kier alpha value is -3.02. The van der Waals surface area contributed by atoms with Gasteiger partial charge in [0, 0.05) is 12.1 Å². The number of nitrogens with zero attached hydrogens (tertiary/aromatic N) is 2. The van der Waals surface area contributed by atoms with Gasteiger partial charge < -0.3 is 4.90 Å². The predicted molar refractivity (Wildman–Crippen MR) is 78.2 cm³/mol. The summed E-state index contributed by atoms with van der Waals surface area (Å²) in [5, 5.41) is 8.90. The second-order valence-corrected chi connectivity index (χ2v) is 5.18. The van der Waals surface area contributed by atoms with Crippen molar-refractivity contribution in [2.24, 2.45) is 0 Å². The number of ketones is 1. The van der Waals surface area contributed by atoms with Crippen LogP contribution in [0.15, 0.2) is 42.5 Å². The molecule has 1 aliphatic rings. The van der Waals surface area contributed by atoms with Crippen molar-refractivity contribution in [3.63, 3.8) is 0 Å². The zero-order chi connectivity index (χ0) is 15.9. The SMILES string of the molecule is Cc1ccc(CN2C(=O)C(=O)c3cc([N+](=O)O)ccc32)cc1. The second-order valence-electron chi connectivity index (χ2n) is 5.18. The molecule has 2 aromatic carbocycles. The molecule has 0 radical (unpaired) electrons. The molecule has 0 fully saturated rings. The van der Waals surface area contributed by atoms with E-state index in [1.807, 2.05) is 31.2 Å². The zero-order valence-corrected chi connectivity index (χ0v) is 11.8. The molecular weight excluding hydrogens is 284 g/mol. The maximum absolute atomic E-state index is 12.1. The number of aryl methyl sites for hydroxylation is 1. The second kappa shape index (κ2) is 5.07. The third kappa shape index (κ3) is 2.24. The van der Waals surface area contributed by atoms with Gasteiger partial charge in [0.15, 0.2) is 0 Å². The Balaban J connectivity index is 1.98. The van der Waals surface area contributed by atoms with Crippen LogP contribution in [0.1, 0.15) is 21.5 Å². The number of amides is 1. The number of Topliss-reactive ketones (excluding diaryl/α,β-unsaturated/α-hetero) is 1. The van der Waals surface area contributed by atoms with Gasteiger partial charge in [-0.05, 0) is 18.6 Å². The van der Waals surface area contributed by atoms with Crippen LogP contribution in [0.2, 0.25) is 0 Å². The summed E-state index contributed by atoms with van der Waals surface area (Å²) in [6.07, 6.45) is 0. The van der Waals surface area contributed by atoms with Gasteiger partial charge in [-0.1, -0.05) is 29.8 Å². The van der Waals surface area contributed by atoms with Crippen molar-refractivity contribution in [1.29, 1.82) is 0 Å². The first kappa shape index (κ1) is 13.9. The third-order valence-corrected chi connectivity index (χ3v) is 3.64. The lowest BCUT2D eigenvalue weighted by atomic mass is 10.1. The monoisotopic (exact) mass is 297 g/mol. The van der Waals surface area contributed by atoms with Crippen LogP contribution in [0, 0.1) is 11.8 Å². The molecule has 2 aromatic rings. The molecule has 6 heteroatoms. The summed E-state index contributed by atoms with van der Waals surface area (Å²) in [6, 6.07) is 11.7. The number of hydrogen-bond acceptors (Lipinski definition) is 3. The van der Waals surface area contributed by atoms with E-state index >= 15 is 0 Å². The van der Waals surface area contributed by atoms with Crippen LogP contribution in [0.3, 0.4) is 0 Å². The van der Waals surface area contributed by atoms with Crippen LogP contribution in [0.5, 0.6) is 0 Å². The van der Waals surface area contributed by atoms with E-state index in [1.165, 1.54) is 23.1 Å². The lowest BCUT2D eigenvalue weighted by Crippen LogP contribution is -2.29. The summed E-state index contributed by atoms with van der Waals surface area (Å²) >= 11 is 0. The molecule has 0 saturated heterocycles. The fraction of sp³-hybridized carbons (Fsp3) is 0.125. The van der Waals surface area contributed by atoms with E-state index in [4.69, 9.17) is 5.21 Å². The average molecular weight is 297 g/mol. The molecule has 3 rings (SSSR count). The Bertz CT molecular complexity index is 796. The zero-order valence-electron chi connectivity index (χ0n) is 11.8. The number of fused-ring (bicyclic) bond motifs is 1. The fourth-order valence-corrected chi connectivity index (χ4v) is 2.44. The van der Waals surface area contributed by atoms with Crippen molar-refractivity contribution < 1.29 is 19.7 Å². The Morgan fingerprint density at radius 3 is 2.41 bits per heavy atom. The van der Waals surface area contributed by atoms with Gasteiger partial charge in [-0.2, -0.15) is 0 Å². The molecule has 6 nitrogen and oxygen atoms in total. The molecule has 0 saturated carbocycles. The van der Waals surface area contributed by atoms with Gasteiger partial charge in [0.2, 0.25) is 0 Å². The topological polar surface area (TPSA) is 77.7 Å². The number of rotatable bonds is 3. The molecule has 1 aliphatic heterocycles. The van der Waals surface area contributed by atoms with Gasteiger partial charge in [0.1, 0.15) is 0 Å². The molecule has 0 unspecified atom stereocenters. The standard InChI is InChI=1S/C16H13N2O4/c1-10-2-4-11(5-3-10)9-17-14-7-6-12(18(21)22)8-13(14)15(19)16(17)20/h2-8H,9H2,1H3,(H,21,22)/q+1. The Morgan fingerprint density at radius 2 is 1.77 bits per heavy atom. The molecule has 1 amide bonds. The van der Waals surface area contributed by atoms with E-state index in [0.717, 1.165) is 11.1 Å². The van der Waals surface area contributed by atoms with Crippen LogP contribution in [0.25, 0.3) is 0 Å². The summed E-state index contributed by atoms with van der Waals surface area (Å²) < 4.78 is 0. The first-order valence-electron chi connectivity index (χ1n) is 6.69. The normalized spacial score (nSPS) is 13.4. The Morgan fingerprint density at radius 1 is 1.09 bits per heavy atom. The number of carbonyl (C=O) groups excluding carboxylic acids is 2. The van der Waals surface area contributed by atoms with Crippen LogP contribution < -0.4 is 4.90 Å². The van der Waals surface area contributed by atoms with E-state index < -0.39 is 11.7 Å². The lowest BCUT2D eigenvalue weighted by Gasteiger charge is -2.16. The van der Waals surface area contributed by atoms with Crippen molar-refractivity contribution in [2.75, 3.05) is 4.90 Å². The van der Waals surface area contributed by atoms with Gasteiger partial charge in [-0.3, -0.25) is 9.59 Å². The molecule has 1 N–H and O–H groups in total. The molecule has 0 aromatic heterocycles. The number of anilines is 1. The maximum atomic E-state index is 12.1. The minimum atomic E-state index is -0.675. The summed E-state index contributed by atoms with van der Waals surface area (Å²) in [7, 11) is 0. The maximum Gasteiger partial charge on any atom is 0.317 e. The van der Waals surface area contributed by atoms with Gasteiger partial charge in [0.25, 0.3) is 16.6 Å². The third-order valence-electron chi connectivity index (χ3n) is 3.64. The molecule has 22 heavy (non-hydrogen) atoms. The number of hydrogen-bond donors (Lipinski definition) is 1. The molecule has 0 spiro atoms. The highest BCUT2D eigenvalue weighted by Gasteiger charge is 2.37. The largest absolute Gasteiger partial charge is 0.317 e. The molecule has 1 heterocycles. The van der Waals surface area contributed by atoms with E-state index in [2.05, 4.69) is 0 Å². The average Bonchev–Trinajstić information content (AvgIpc) is 2.74. The highest BCUT2D eigenvalue weighted by Crippen LogP contribution is 2.32. The minimum Gasteiger partial charge on any atom is -0.300 e. The molecule has 0 atom stereocenters. The van der Waals surface area contributed by atoms with Crippen molar-refractivity contribution in [2.45, 2.75) is 13.5 Å². The lowest BCUT2D eigenvalue weighted by molar-refractivity contribution is -0.729. The summed E-state index contributed by atoms with van der Waals surface area (Å²) in [5.41, 5.74) is 2.50. The van der Waals surface area contributed by atoms with E-state index in [0.29, 0.717) is 5.69 Å². The Kier molecular flexibility index (Phi) is 3.21. The van der Waals surface area contributed by atoms with Crippen LogP contribution in [0.4, 0.5) is 11.4 Å². The van der Waals surface area contributed by atoms with Crippen LogP contribution >= 0.6 is 0 Å². The molecule has 110 valence electrons. The van der Waals surface area contributed by atoms with Gasteiger partial charge in [0.05, 0.1) is 22.7 Å². The van der Waals surface area contributed by atoms with Crippen molar-refractivity contribution in [1.82, 2.24) is 0 Å². The smallest absolute Gasteiger partial charge is 0.300 e. The van der Waals surface area contributed by atoms with E-state index in [9.17, 15) is 14.5 Å². The summed E-state index contributed by atoms with van der Waals surface area (Å²) in [5.74, 6) is -1.31. The number of carbonyl (C=O) groups is 2. The van der Waals surface area contributed by atoms with Crippen molar-refractivity contribution in [3.8, 4) is 0 Å². The van der Waals surface area contributed by atoms with Gasteiger partial charge in [-0.25, -0.2) is 5.21 Å². The highest BCUT2D eigenvalue weighted by molar-refractivity contribution is 6.52. The first-order valence-corrected chi connectivity index (χ1v) is 6.69. The Labute approximate surface area is 126 Å². The first-order chi connectivity index (χ1) is 10.5. The summed E-state index contributed by atoms with van der Waals surface area (Å²) in [6.45, 7) is 2.24. The van der Waals surface area contributed by atoms with E-state index in [1.54, 1.807) is 0 Å². The molecule has 0 bridgehead atoms.